The van der Waals surface area contributed by atoms with Gasteiger partial charge in [0, 0.05) is 5.39 Å². The van der Waals surface area contributed by atoms with Gasteiger partial charge in [-0.2, -0.15) is 5.26 Å². The van der Waals surface area contributed by atoms with Crippen LogP contribution in [0.25, 0.3) is 10.9 Å². The van der Waals surface area contributed by atoms with Gasteiger partial charge in [0.05, 0.1) is 29.8 Å². The van der Waals surface area contributed by atoms with Crippen LogP contribution in [-0.2, 0) is 11.3 Å². The molecule has 3 aromatic rings. The summed E-state index contributed by atoms with van der Waals surface area (Å²) in [5.41, 5.74) is 1.54. The second-order valence-electron chi connectivity index (χ2n) is 5.14. The Morgan fingerprint density at radius 1 is 1.29 bits per heavy atom. The SMILES string of the molecule is COC(=O)c1c(C#N)c2ccccc2n1Cc1cccc(F)c1Cl. The van der Waals surface area contributed by atoms with Crippen LogP contribution < -0.4 is 0 Å². The Morgan fingerprint density at radius 2 is 2.04 bits per heavy atom. The maximum Gasteiger partial charge on any atom is 0.356 e. The van der Waals surface area contributed by atoms with E-state index in [9.17, 15) is 14.4 Å². The quantitative estimate of drug-likeness (QED) is 0.672. The molecular weight excluding hydrogens is 331 g/mol. The van der Waals surface area contributed by atoms with Gasteiger partial charge in [-0.3, -0.25) is 0 Å². The lowest BCUT2D eigenvalue weighted by molar-refractivity contribution is 0.0589. The van der Waals surface area contributed by atoms with Gasteiger partial charge in [0.15, 0.2) is 0 Å². The van der Waals surface area contributed by atoms with E-state index in [1.807, 2.05) is 0 Å². The average Bonchev–Trinajstić information content (AvgIpc) is 2.92. The highest BCUT2D eigenvalue weighted by Crippen LogP contribution is 2.29. The van der Waals surface area contributed by atoms with Gasteiger partial charge in [-0.25, -0.2) is 9.18 Å². The number of hydrogen-bond donors (Lipinski definition) is 0. The maximum absolute atomic E-state index is 13.7. The van der Waals surface area contributed by atoms with Crippen LogP contribution in [0.4, 0.5) is 4.39 Å². The van der Waals surface area contributed by atoms with Gasteiger partial charge in [-0.15, -0.1) is 0 Å². The lowest BCUT2D eigenvalue weighted by atomic mass is 10.1. The molecule has 6 heteroatoms. The van der Waals surface area contributed by atoms with Crippen LogP contribution in [0.3, 0.4) is 0 Å². The summed E-state index contributed by atoms with van der Waals surface area (Å²) in [6.45, 7) is 0.142. The molecule has 0 aliphatic rings. The standard InChI is InChI=1S/C18H12ClFN2O2/c1-24-18(23)17-13(9-21)12-6-2-3-8-15(12)22(17)10-11-5-4-7-14(20)16(11)19/h2-8H,10H2,1H3. The normalized spacial score (nSPS) is 10.6. The molecule has 0 saturated heterocycles. The smallest absolute Gasteiger partial charge is 0.356 e. The number of carbonyl (C=O) groups excluding carboxylic acids is 1. The first-order valence-electron chi connectivity index (χ1n) is 7.11. The Bertz CT molecular complexity index is 989. The van der Waals surface area contributed by atoms with Crippen molar-refractivity contribution in [3.63, 3.8) is 0 Å². The zero-order chi connectivity index (χ0) is 17.3. The summed E-state index contributed by atoms with van der Waals surface area (Å²) < 4.78 is 20.2. The number of rotatable bonds is 3. The predicted molar refractivity (Wildman–Crippen MR) is 88.5 cm³/mol. The number of fused-ring (bicyclic) bond motifs is 1. The zero-order valence-electron chi connectivity index (χ0n) is 12.7. The number of para-hydroxylation sites is 1. The summed E-state index contributed by atoms with van der Waals surface area (Å²) in [6.07, 6.45) is 0. The molecule has 0 spiro atoms. The number of aromatic nitrogens is 1. The first-order valence-corrected chi connectivity index (χ1v) is 7.48. The second kappa shape index (κ2) is 6.34. The van der Waals surface area contributed by atoms with Gasteiger partial charge in [-0.1, -0.05) is 41.9 Å². The van der Waals surface area contributed by atoms with Crippen molar-refractivity contribution in [2.24, 2.45) is 0 Å². The van der Waals surface area contributed by atoms with Gasteiger partial charge < -0.3 is 9.30 Å². The number of carbonyl (C=O) groups is 1. The van der Waals surface area contributed by atoms with E-state index in [0.717, 1.165) is 0 Å². The molecule has 0 amide bonds. The Labute approximate surface area is 142 Å². The largest absolute Gasteiger partial charge is 0.464 e. The van der Waals surface area contributed by atoms with Crippen molar-refractivity contribution < 1.29 is 13.9 Å². The van der Waals surface area contributed by atoms with Gasteiger partial charge in [0.1, 0.15) is 17.6 Å². The average molecular weight is 343 g/mol. The lowest BCUT2D eigenvalue weighted by Gasteiger charge is -2.11. The minimum absolute atomic E-state index is 0.00963. The summed E-state index contributed by atoms with van der Waals surface area (Å²) >= 11 is 6.03. The molecule has 24 heavy (non-hydrogen) atoms. The van der Waals surface area contributed by atoms with Crippen LogP contribution in [0.1, 0.15) is 21.6 Å². The van der Waals surface area contributed by atoms with E-state index in [2.05, 4.69) is 6.07 Å². The highest BCUT2D eigenvalue weighted by Gasteiger charge is 2.24. The van der Waals surface area contributed by atoms with E-state index < -0.39 is 11.8 Å². The molecule has 0 aliphatic heterocycles. The maximum atomic E-state index is 13.7. The highest BCUT2D eigenvalue weighted by atomic mass is 35.5. The number of hydrogen-bond acceptors (Lipinski definition) is 3. The minimum atomic E-state index is -0.629. The fourth-order valence-corrected chi connectivity index (χ4v) is 2.92. The molecule has 0 atom stereocenters. The van der Waals surface area contributed by atoms with Crippen LogP contribution >= 0.6 is 11.6 Å². The van der Waals surface area contributed by atoms with E-state index in [1.165, 1.54) is 13.2 Å². The van der Waals surface area contributed by atoms with Gasteiger partial charge in [0.25, 0.3) is 0 Å². The van der Waals surface area contributed by atoms with Crippen molar-refractivity contribution in [3.8, 4) is 6.07 Å². The van der Waals surface area contributed by atoms with Crippen LogP contribution in [0.15, 0.2) is 42.5 Å². The Kier molecular flexibility index (Phi) is 4.24. The number of nitrogens with zero attached hydrogens (tertiary/aromatic N) is 2. The fraction of sp³-hybridized carbons (Fsp3) is 0.111. The highest BCUT2D eigenvalue weighted by molar-refractivity contribution is 6.31. The van der Waals surface area contributed by atoms with E-state index in [4.69, 9.17) is 16.3 Å². The number of esters is 1. The molecule has 1 aromatic heterocycles. The molecular formula is C18H12ClFN2O2. The van der Waals surface area contributed by atoms with Gasteiger partial charge in [-0.05, 0) is 17.7 Å². The number of methoxy groups -OCH3 is 1. The monoisotopic (exact) mass is 342 g/mol. The van der Waals surface area contributed by atoms with Crippen LogP contribution in [-0.4, -0.2) is 17.6 Å². The molecule has 0 bridgehead atoms. The number of benzene rings is 2. The van der Waals surface area contributed by atoms with Crippen LogP contribution in [0.2, 0.25) is 5.02 Å². The van der Waals surface area contributed by atoms with Gasteiger partial charge in [0.2, 0.25) is 0 Å². The third-order valence-electron chi connectivity index (χ3n) is 3.82. The summed E-state index contributed by atoms with van der Waals surface area (Å²) in [5, 5.41) is 10.1. The first-order chi connectivity index (χ1) is 11.6. The Hall–Kier alpha value is -2.84. The molecule has 3 rings (SSSR count). The number of nitriles is 1. The van der Waals surface area contributed by atoms with Gasteiger partial charge >= 0.3 is 5.97 Å². The third-order valence-corrected chi connectivity index (χ3v) is 4.24. The van der Waals surface area contributed by atoms with Crippen molar-refractivity contribution in [2.75, 3.05) is 7.11 Å². The molecule has 0 N–H and O–H groups in total. The molecule has 1 heterocycles. The predicted octanol–water partition coefficient (Wildman–Crippen LogP) is 4.14. The molecule has 4 nitrogen and oxygen atoms in total. The summed E-state index contributed by atoms with van der Waals surface area (Å²) in [6, 6.07) is 13.7. The van der Waals surface area contributed by atoms with E-state index >= 15 is 0 Å². The zero-order valence-corrected chi connectivity index (χ0v) is 13.5. The van der Waals surface area contributed by atoms with Crippen molar-refractivity contribution in [2.45, 2.75) is 6.54 Å². The molecule has 0 saturated carbocycles. The fourth-order valence-electron chi connectivity index (χ4n) is 2.73. The van der Waals surface area contributed by atoms with Crippen LogP contribution in [0.5, 0.6) is 0 Å². The number of halogens is 2. The van der Waals surface area contributed by atoms with E-state index in [-0.39, 0.29) is 22.8 Å². The van der Waals surface area contributed by atoms with E-state index in [1.54, 1.807) is 41.0 Å². The first kappa shape index (κ1) is 16.0. The molecule has 2 aromatic carbocycles. The van der Waals surface area contributed by atoms with Crippen molar-refractivity contribution in [1.29, 1.82) is 5.26 Å². The summed E-state index contributed by atoms with van der Waals surface area (Å²) in [5.74, 6) is -1.17. The van der Waals surface area contributed by atoms with Crippen molar-refractivity contribution in [1.82, 2.24) is 4.57 Å². The van der Waals surface area contributed by atoms with E-state index in [0.29, 0.717) is 16.5 Å². The number of ether oxygens (including phenoxy) is 1. The molecule has 0 unspecified atom stereocenters. The molecule has 0 radical (unpaired) electrons. The minimum Gasteiger partial charge on any atom is -0.464 e. The molecule has 120 valence electrons. The Morgan fingerprint density at radius 3 is 2.75 bits per heavy atom. The summed E-state index contributed by atoms with van der Waals surface area (Å²) in [7, 11) is 1.25. The molecule has 0 aliphatic carbocycles. The lowest BCUT2D eigenvalue weighted by Crippen LogP contribution is -2.13. The van der Waals surface area contributed by atoms with Crippen molar-refractivity contribution in [3.05, 3.63) is 70.1 Å². The Balaban J connectivity index is 2.28. The summed E-state index contributed by atoms with van der Waals surface area (Å²) in [4.78, 5) is 12.2. The van der Waals surface area contributed by atoms with Crippen molar-refractivity contribution >= 4 is 28.5 Å². The third kappa shape index (κ3) is 2.51. The molecule has 0 fully saturated rings. The second-order valence-corrected chi connectivity index (χ2v) is 5.52. The topological polar surface area (TPSA) is 55.0 Å². The van der Waals surface area contributed by atoms with Crippen LogP contribution in [0, 0.1) is 17.1 Å².